The molecule has 0 heterocycles. The van der Waals surface area contributed by atoms with E-state index in [9.17, 15) is 23.3 Å². The van der Waals surface area contributed by atoms with Gasteiger partial charge in [-0.2, -0.15) is 0 Å². The molecule has 0 unspecified atom stereocenters. The summed E-state index contributed by atoms with van der Waals surface area (Å²) < 4.78 is 26.0. The molecular formula is C19H24N4O5S. The Balaban J connectivity index is 2.16. The Morgan fingerprint density at radius 3 is 2.28 bits per heavy atom. The third-order valence-electron chi connectivity index (χ3n) is 4.55. The van der Waals surface area contributed by atoms with Gasteiger partial charge in [-0.05, 0) is 55.7 Å². The molecule has 10 heteroatoms. The molecule has 0 spiro atoms. The minimum atomic E-state index is -3.60. The molecule has 2 aromatic carbocycles. The van der Waals surface area contributed by atoms with Crippen LogP contribution in [0.25, 0.3) is 0 Å². The lowest BCUT2D eigenvalue weighted by molar-refractivity contribution is -0.384. The average molecular weight is 420 g/mol. The van der Waals surface area contributed by atoms with Gasteiger partial charge in [0.15, 0.2) is 0 Å². The number of benzene rings is 2. The summed E-state index contributed by atoms with van der Waals surface area (Å²) in [6, 6.07) is 7.27. The predicted octanol–water partition coefficient (Wildman–Crippen LogP) is 2.82. The standard InChI is InChI=1S/C19H24N4O5S/c1-12-9-16(29(27,28)22(4)5)10-18(14(12)3)20-11-19(24)21-17-7-6-15(23(25)26)8-13(17)2/h6-10,20H,11H2,1-5H3,(H,21,24). The zero-order chi connectivity index (χ0) is 21.9. The third kappa shape index (κ3) is 5.09. The number of nitro benzene ring substituents is 1. The van der Waals surface area contributed by atoms with Crippen LogP contribution in [0.1, 0.15) is 16.7 Å². The molecule has 0 atom stereocenters. The first-order valence-electron chi connectivity index (χ1n) is 8.76. The van der Waals surface area contributed by atoms with Gasteiger partial charge in [-0.25, -0.2) is 12.7 Å². The van der Waals surface area contributed by atoms with Gasteiger partial charge in [-0.15, -0.1) is 0 Å². The molecule has 2 N–H and O–H groups in total. The molecule has 0 aromatic heterocycles. The normalized spacial score (nSPS) is 11.4. The van der Waals surface area contributed by atoms with E-state index in [1.54, 1.807) is 19.9 Å². The number of carbonyl (C=O) groups is 1. The van der Waals surface area contributed by atoms with Crippen molar-refractivity contribution >= 4 is 33.0 Å². The quantitative estimate of drug-likeness (QED) is 0.525. The Kier molecular flexibility index (Phi) is 6.60. The second kappa shape index (κ2) is 8.58. The topological polar surface area (TPSA) is 122 Å². The van der Waals surface area contributed by atoms with Crippen molar-refractivity contribution in [2.45, 2.75) is 25.7 Å². The lowest BCUT2D eigenvalue weighted by atomic mass is 10.1. The van der Waals surface area contributed by atoms with Crippen molar-refractivity contribution in [1.82, 2.24) is 4.31 Å². The smallest absolute Gasteiger partial charge is 0.269 e. The van der Waals surface area contributed by atoms with Crippen molar-refractivity contribution in [2.24, 2.45) is 0 Å². The van der Waals surface area contributed by atoms with E-state index in [0.717, 1.165) is 15.4 Å². The van der Waals surface area contributed by atoms with Crippen LogP contribution in [0, 0.1) is 30.9 Å². The number of nitrogens with zero attached hydrogens (tertiary/aromatic N) is 2. The first-order chi connectivity index (χ1) is 13.4. The number of hydrogen-bond donors (Lipinski definition) is 2. The number of carbonyl (C=O) groups excluding carboxylic acids is 1. The van der Waals surface area contributed by atoms with Crippen LogP contribution in [-0.4, -0.2) is 44.2 Å². The molecule has 1 amide bonds. The molecule has 0 radical (unpaired) electrons. The number of hydrogen-bond acceptors (Lipinski definition) is 6. The second-order valence-electron chi connectivity index (χ2n) is 6.86. The van der Waals surface area contributed by atoms with E-state index < -0.39 is 14.9 Å². The number of nitrogens with one attached hydrogen (secondary N) is 2. The number of anilines is 2. The van der Waals surface area contributed by atoms with E-state index in [-0.39, 0.29) is 23.0 Å². The molecule has 0 fully saturated rings. The van der Waals surface area contributed by atoms with Gasteiger partial charge in [0.2, 0.25) is 15.9 Å². The first-order valence-corrected chi connectivity index (χ1v) is 10.2. The summed E-state index contributed by atoms with van der Waals surface area (Å²) in [7, 11) is -0.693. The van der Waals surface area contributed by atoms with Crippen LogP contribution in [0.5, 0.6) is 0 Å². The van der Waals surface area contributed by atoms with Crippen molar-refractivity contribution in [3.05, 3.63) is 57.1 Å². The maximum atomic E-state index is 12.4. The Hall–Kier alpha value is -2.98. The summed E-state index contributed by atoms with van der Waals surface area (Å²) in [5.41, 5.74) is 3.14. The maximum Gasteiger partial charge on any atom is 0.269 e. The lowest BCUT2D eigenvalue weighted by Crippen LogP contribution is -2.24. The molecule has 0 aliphatic heterocycles. The molecule has 29 heavy (non-hydrogen) atoms. The second-order valence-corrected chi connectivity index (χ2v) is 9.01. The van der Waals surface area contributed by atoms with Crippen molar-refractivity contribution < 1.29 is 18.1 Å². The number of rotatable bonds is 7. The number of amides is 1. The highest BCUT2D eigenvalue weighted by Crippen LogP contribution is 2.26. The van der Waals surface area contributed by atoms with Crippen LogP contribution in [0.4, 0.5) is 17.1 Å². The molecule has 156 valence electrons. The fourth-order valence-electron chi connectivity index (χ4n) is 2.64. The molecule has 0 saturated heterocycles. The fourth-order valence-corrected chi connectivity index (χ4v) is 3.66. The van der Waals surface area contributed by atoms with E-state index in [0.29, 0.717) is 16.9 Å². The molecule has 0 bridgehead atoms. The van der Waals surface area contributed by atoms with Gasteiger partial charge in [0.1, 0.15) is 0 Å². The van der Waals surface area contributed by atoms with Crippen molar-refractivity contribution in [3.63, 3.8) is 0 Å². The molecule has 0 saturated carbocycles. The van der Waals surface area contributed by atoms with Gasteiger partial charge in [-0.3, -0.25) is 14.9 Å². The van der Waals surface area contributed by atoms with Gasteiger partial charge in [0.05, 0.1) is 16.4 Å². The third-order valence-corrected chi connectivity index (χ3v) is 6.35. The van der Waals surface area contributed by atoms with Gasteiger partial charge in [0.25, 0.3) is 5.69 Å². The number of nitro groups is 1. The van der Waals surface area contributed by atoms with Gasteiger partial charge < -0.3 is 10.6 Å². The monoisotopic (exact) mass is 420 g/mol. The summed E-state index contributed by atoms with van der Waals surface area (Å²) in [6.07, 6.45) is 0. The Labute approximate surface area is 169 Å². The van der Waals surface area contributed by atoms with Crippen LogP contribution >= 0.6 is 0 Å². The highest BCUT2D eigenvalue weighted by molar-refractivity contribution is 7.89. The van der Waals surface area contributed by atoms with Crippen molar-refractivity contribution in [1.29, 1.82) is 0 Å². The van der Waals surface area contributed by atoms with E-state index in [1.807, 2.05) is 6.92 Å². The largest absolute Gasteiger partial charge is 0.376 e. The van der Waals surface area contributed by atoms with Crippen LogP contribution in [0.3, 0.4) is 0 Å². The maximum absolute atomic E-state index is 12.4. The Morgan fingerprint density at radius 1 is 1.07 bits per heavy atom. The van der Waals surface area contributed by atoms with Gasteiger partial charge in [-0.1, -0.05) is 0 Å². The van der Waals surface area contributed by atoms with E-state index in [2.05, 4.69) is 10.6 Å². The number of sulfonamides is 1. The van der Waals surface area contributed by atoms with Gasteiger partial charge in [0, 0.05) is 37.6 Å². The minimum absolute atomic E-state index is 0.0522. The van der Waals surface area contributed by atoms with E-state index in [4.69, 9.17) is 0 Å². The molecule has 2 aromatic rings. The van der Waals surface area contributed by atoms with Crippen LogP contribution in [0.15, 0.2) is 35.2 Å². The average Bonchev–Trinajstić information content (AvgIpc) is 2.63. The van der Waals surface area contributed by atoms with Crippen molar-refractivity contribution in [2.75, 3.05) is 31.3 Å². The molecule has 0 aliphatic rings. The highest BCUT2D eigenvalue weighted by Gasteiger charge is 2.20. The summed E-state index contributed by atoms with van der Waals surface area (Å²) in [6.45, 7) is 5.21. The number of aryl methyl sites for hydroxylation is 2. The van der Waals surface area contributed by atoms with E-state index in [1.165, 1.54) is 38.4 Å². The highest BCUT2D eigenvalue weighted by atomic mass is 32.2. The predicted molar refractivity (Wildman–Crippen MR) is 112 cm³/mol. The first kappa shape index (κ1) is 22.3. The SMILES string of the molecule is Cc1cc([N+](=O)[O-])ccc1NC(=O)CNc1cc(S(=O)(=O)N(C)C)cc(C)c1C. The minimum Gasteiger partial charge on any atom is -0.376 e. The van der Waals surface area contributed by atoms with Crippen LogP contribution < -0.4 is 10.6 Å². The summed E-state index contributed by atoms with van der Waals surface area (Å²) in [5.74, 6) is -0.361. The fraction of sp³-hybridized carbons (Fsp3) is 0.316. The molecule has 0 aliphatic carbocycles. The summed E-state index contributed by atoms with van der Waals surface area (Å²) in [5, 5.41) is 16.5. The molecule has 2 rings (SSSR count). The van der Waals surface area contributed by atoms with E-state index >= 15 is 0 Å². The Bertz CT molecular complexity index is 1060. The van der Waals surface area contributed by atoms with Crippen molar-refractivity contribution in [3.8, 4) is 0 Å². The number of non-ortho nitro benzene ring substituents is 1. The summed E-state index contributed by atoms with van der Waals surface area (Å²) >= 11 is 0. The zero-order valence-electron chi connectivity index (χ0n) is 16.9. The summed E-state index contributed by atoms with van der Waals surface area (Å²) in [4.78, 5) is 22.8. The zero-order valence-corrected chi connectivity index (χ0v) is 17.8. The van der Waals surface area contributed by atoms with Crippen LogP contribution in [-0.2, 0) is 14.8 Å². The Morgan fingerprint density at radius 2 is 1.72 bits per heavy atom. The van der Waals surface area contributed by atoms with Crippen LogP contribution in [0.2, 0.25) is 0 Å². The lowest BCUT2D eigenvalue weighted by Gasteiger charge is -2.17. The molecule has 9 nitrogen and oxygen atoms in total. The molecular weight excluding hydrogens is 396 g/mol. The van der Waals surface area contributed by atoms with Gasteiger partial charge >= 0.3 is 0 Å².